The second-order valence-corrected chi connectivity index (χ2v) is 12.4. The number of amides is 3. The van der Waals surface area contributed by atoms with Crippen molar-refractivity contribution in [3.8, 4) is 5.75 Å². The highest BCUT2D eigenvalue weighted by Gasteiger charge is 2.23. The third kappa shape index (κ3) is 9.08. The molecule has 0 saturated carbocycles. The number of nitrogens with one attached hydrogen (secondary N) is 3. The van der Waals surface area contributed by atoms with Gasteiger partial charge in [-0.3, -0.25) is 14.4 Å². The minimum Gasteiger partial charge on any atom is -0.507 e. The van der Waals surface area contributed by atoms with Crippen LogP contribution < -0.4 is 16.0 Å². The van der Waals surface area contributed by atoms with Gasteiger partial charge in [0.25, 0.3) is 11.8 Å². The summed E-state index contributed by atoms with van der Waals surface area (Å²) >= 11 is 13.9. The lowest BCUT2D eigenvalue weighted by Crippen LogP contribution is -2.30. The van der Waals surface area contributed by atoms with Gasteiger partial charge in [0.15, 0.2) is 0 Å². The SMILES string of the molecule is O=C(Nc1ccc(SC(C(=O)Nc2ccc(O)c(C(=O)O)c2)c2ccccc2)cc1)/C(=C/c1c(Cl)cccc1Cl)NC(=O)c1ccccc1. The molecule has 0 heterocycles. The fourth-order valence-corrected chi connectivity index (χ4v) is 6.11. The van der Waals surface area contributed by atoms with Crippen LogP contribution in [0.5, 0.6) is 5.75 Å². The molecular formula is C37H27Cl2N3O6S. The van der Waals surface area contributed by atoms with E-state index in [1.54, 1.807) is 97.1 Å². The van der Waals surface area contributed by atoms with E-state index in [2.05, 4.69) is 16.0 Å². The lowest BCUT2D eigenvalue weighted by Gasteiger charge is -2.18. The molecule has 0 spiro atoms. The summed E-state index contributed by atoms with van der Waals surface area (Å²) in [6.07, 6.45) is 1.40. The number of aromatic hydroxyl groups is 1. The molecule has 5 aromatic rings. The summed E-state index contributed by atoms with van der Waals surface area (Å²) in [6.45, 7) is 0. The quantitative estimate of drug-likeness (QED) is 0.0527. The van der Waals surface area contributed by atoms with Crippen LogP contribution in [0.25, 0.3) is 6.08 Å². The molecule has 246 valence electrons. The number of aromatic carboxylic acids is 1. The molecule has 0 radical (unpaired) electrons. The largest absolute Gasteiger partial charge is 0.507 e. The predicted molar refractivity (Wildman–Crippen MR) is 192 cm³/mol. The first-order chi connectivity index (χ1) is 23.6. The number of hydrogen-bond donors (Lipinski definition) is 5. The summed E-state index contributed by atoms with van der Waals surface area (Å²) in [7, 11) is 0. The lowest BCUT2D eigenvalue weighted by atomic mass is 10.1. The molecule has 5 aromatic carbocycles. The van der Waals surface area contributed by atoms with Crippen LogP contribution in [0.1, 0.15) is 37.1 Å². The van der Waals surface area contributed by atoms with Gasteiger partial charge in [0.1, 0.15) is 22.3 Å². The molecule has 5 N–H and O–H groups in total. The molecule has 0 aromatic heterocycles. The van der Waals surface area contributed by atoms with Crippen LogP contribution in [0, 0.1) is 0 Å². The maximum Gasteiger partial charge on any atom is 0.339 e. The van der Waals surface area contributed by atoms with Crippen molar-refractivity contribution in [2.24, 2.45) is 0 Å². The molecule has 9 nitrogen and oxygen atoms in total. The Morgan fingerprint density at radius 3 is 1.96 bits per heavy atom. The number of hydrogen-bond acceptors (Lipinski definition) is 6. The second-order valence-electron chi connectivity index (χ2n) is 10.4. The van der Waals surface area contributed by atoms with E-state index in [1.807, 2.05) is 6.07 Å². The van der Waals surface area contributed by atoms with E-state index in [4.69, 9.17) is 23.2 Å². The van der Waals surface area contributed by atoms with Gasteiger partial charge >= 0.3 is 5.97 Å². The van der Waals surface area contributed by atoms with Crippen molar-refractivity contribution < 1.29 is 29.4 Å². The van der Waals surface area contributed by atoms with E-state index >= 15 is 0 Å². The summed E-state index contributed by atoms with van der Waals surface area (Å²) in [6, 6.07) is 32.9. The van der Waals surface area contributed by atoms with Crippen molar-refractivity contribution in [2.45, 2.75) is 10.1 Å². The first-order valence-corrected chi connectivity index (χ1v) is 16.2. The second kappa shape index (κ2) is 16.0. The first-order valence-electron chi connectivity index (χ1n) is 14.6. The van der Waals surface area contributed by atoms with Crippen molar-refractivity contribution in [2.75, 3.05) is 10.6 Å². The molecule has 0 aliphatic rings. The van der Waals surface area contributed by atoms with E-state index < -0.39 is 34.7 Å². The molecule has 12 heteroatoms. The average Bonchev–Trinajstić information content (AvgIpc) is 3.10. The Kier molecular flexibility index (Phi) is 11.4. The molecule has 0 fully saturated rings. The van der Waals surface area contributed by atoms with Crippen LogP contribution in [0.3, 0.4) is 0 Å². The number of carboxylic acids is 1. The summed E-state index contributed by atoms with van der Waals surface area (Å²) in [4.78, 5) is 52.2. The van der Waals surface area contributed by atoms with Crippen LogP contribution >= 0.6 is 35.0 Å². The van der Waals surface area contributed by atoms with Crippen molar-refractivity contribution in [3.05, 3.63) is 159 Å². The lowest BCUT2D eigenvalue weighted by molar-refractivity contribution is -0.116. The van der Waals surface area contributed by atoms with Gasteiger partial charge in [-0.1, -0.05) is 77.8 Å². The Balaban J connectivity index is 1.35. The Morgan fingerprint density at radius 1 is 0.714 bits per heavy atom. The van der Waals surface area contributed by atoms with Gasteiger partial charge in [-0.05, 0) is 78.4 Å². The number of benzene rings is 5. The average molecular weight is 713 g/mol. The highest BCUT2D eigenvalue weighted by atomic mass is 35.5. The number of anilines is 2. The van der Waals surface area contributed by atoms with Crippen LogP contribution in [-0.2, 0) is 9.59 Å². The maximum absolute atomic E-state index is 13.5. The van der Waals surface area contributed by atoms with Gasteiger partial charge in [-0.2, -0.15) is 0 Å². The van der Waals surface area contributed by atoms with Gasteiger partial charge in [0.05, 0.1) is 0 Å². The first kappa shape index (κ1) is 34.8. The zero-order chi connectivity index (χ0) is 34.9. The van der Waals surface area contributed by atoms with Crippen LogP contribution in [0.4, 0.5) is 11.4 Å². The van der Waals surface area contributed by atoms with Crippen molar-refractivity contribution in [1.29, 1.82) is 0 Å². The van der Waals surface area contributed by atoms with Crippen molar-refractivity contribution >= 4 is 76.1 Å². The number of phenols is 1. The number of carbonyl (C=O) groups excluding carboxylic acids is 3. The summed E-state index contributed by atoms with van der Waals surface area (Å²) in [5.74, 6) is -3.30. The van der Waals surface area contributed by atoms with Crippen molar-refractivity contribution in [1.82, 2.24) is 5.32 Å². The molecule has 3 amide bonds. The van der Waals surface area contributed by atoms with Gasteiger partial charge in [-0.25, -0.2) is 4.79 Å². The van der Waals surface area contributed by atoms with E-state index in [0.29, 0.717) is 27.3 Å². The third-order valence-corrected chi connectivity index (χ3v) is 8.94. The molecule has 1 atom stereocenters. The van der Waals surface area contributed by atoms with Gasteiger partial charge in [0.2, 0.25) is 5.91 Å². The Morgan fingerprint density at radius 2 is 1.33 bits per heavy atom. The summed E-state index contributed by atoms with van der Waals surface area (Å²) in [5.41, 5.74) is 1.58. The standard InChI is InChI=1S/C37H27Cl2N3O6S/c38-29-12-7-13-30(39)27(29)21-31(42-34(44)23-10-5-2-6-11-23)35(45)40-24-14-17-26(18-15-24)49-33(22-8-3-1-4-9-22)36(46)41-25-16-19-32(43)28(20-25)37(47)48/h1-21,33,43H,(H,40,45)(H,41,46)(H,42,44)(H,47,48)/b31-21-. The third-order valence-electron chi connectivity index (χ3n) is 7.02. The topological polar surface area (TPSA) is 145 Å². The predicted octanol–water partition coefficient (Wildman–Crippen LogP) is 8.28. The maximum atomic E-state index is 13.5. The number of rotatable bonds is 11. The number of carbonyl (C=O) groups is 4. The fourth-order valence-electron chi connectivity index (χ4n) is 4.58. The molecule has 0 saturated heterocycles. The van der Waals surface area contributed by atoms with Crippen LogP contribution in [-0.4, -0.2) is 33.9 Å². The van der Waals surface area contributed by atoms with E-state index in [-0.39, 0.29) is 27.0 Å². The monoisotopic (exact) mass is 711 g/mol. The van der Waals surface area contributed by atoms with Crippen LogP contribution in [0.15, 0.2) is 132 Å². The molecule has 5 rings (SSSR count). The Bertz CT molecular complexity index is 2020. The number of thioether (sulfide) groups is 1. The smallest absolute Gasteiger partial charge is 0.339 e. The summed E-state index contributed by atoms with van der Waals surface area (Å²) in [5, 5.41) is 27.2. The minimum atomic E-state index is -1.33. The van der Waals surface area contributed by atoms with E-state index in [1.165, 1.54) is 36.0 Å². The highest BCUT2D eigenvalue weighted by Crippen LogP contribution is 2.37. The zero-order valence-corrected chi connectivity index (χ0v) is 27.7. The minimum absolute atomic E-state index is 0.0941. The van der Waals surface area contributed by atoms with Crippen molar-refractivity contribution in [3.63, 3.8) is 0 Å². The molecule has 0 aliphatic carbocycles. The normalized spacial score (nSPS) is 11.7. The fraction of sp³-hybridized carbons (Fsp3) is 0.0270. The van der Waals surface area contributed by atoms with Gasteiger partial charge in [0, 0.05) is 37.4 Å². The number of halogens is 2. The molecule has 1 unspecified atom stereocenters. The summed E-state index contributed by atoms with van der Waals surface area (Å²) < 4.78 is 0. The zero-order valence-electron chi connectivity index (χ0n) is 25.4. The molecule has 49 heavy (non-hydrogen) atoms. The molecular weight excluding hydrogens is 685 g/mol. The van der Waals surface area contributed by atoms with E-state index in [9.17, 15) is 29.4 Å². The number of carboxylic acid groups (broad SMARTS) is 1. The molecule has 0 aliphatic heterocycles. The van der Waals surface area contributed by atoms with Gasteiger partial charge < -0.3 is 26.2 Å². The van der Waals surface area contributed by atoms with Crippen LogP contribution in [0.2, 0.25) is 10.0 Å². The molecule has 0 bridgehead atoms. The van der Waals surface area contributed by atoms with E-state index in [0.717, 1.165) is 0 Å². The Labute approximate surface area is 295 Å². The van der Waals surface area contributed by atoms with Gasteiger partial charge in [-0.15, -0.1) is 11.8 Å². The highest BCUT2D eigenvalue weighted by molar-refractivity contribution is 8.00. The Hall–Kier alpha value is -5.55.